The van der Waals surface area contributed by atoms with Gasteiger partial charge in [0.05, 0.1) is 18.1 Å². The second kappa shape index (κ2) is 10.9. The molecule has 9 heteroatoms. The smallest absolute Gasteiger partial charge is 0.241 e. The van der Waals surface area contributed by atoms with Gasteiger partial charge < -0.3 is 10.1 Å². The minimum Gasteiger partial charge on any atom is -0.379 e. The molecule has 1 fully saturated rings. The number of amides is 1. The van der Waals surface area contributed by atoms with Crippen LogP contribution in [-0.2, 0) is 26.0 Å². The number of nitrogens with one attached hydrogen (secondary N) is 2. The molecular formula is C21H26ClN3O4S. The highest BCUT2D eigenvalue weighted by Gasteiger charge is 2.26. The Bertz CT molecular complexity index is 917. The summed E-state index contributed by atoms with van der Waals surface area (Å²) in [4.78, 5) is 15.1. The van der Waals surface area contributed by atoms with Gasteiger partial charge in [0.15, 0.2) is 0 Å². The molecule has 0 aliphatic carbocycles. The average Bonchev–Trinajstić information content (AvgIpc) is 2.75. The van der Waals surface area contributed by atoms with Crippen LogP contribution in [0.5, 0.6) is 0 Å². The fourth-order valence-electron chi connectivity index (χ4n) is 3.19. The van der Waals surface area contributed by atoms with E-state index in [2.05, 4.69) is 14.9 Å². The summed E-state index contributed by atoms with van der Waals surface area (Å²) in [7, 11) is -3.88. The van der Waals surface area contributed by atoms with E-state index < -0.39 is 16.1 Å². The van der Waals surface area contributed by atoms with Crippen LogP contribution in [0.15, 0.2) is 59.5 Å². The molecule has 0 aromatic heterocycles. The molecule has 0 radical (unpaired) electrons. The van der Waals surface area contributed by atoms with Crippen molar-refractivity contribution in [1.82, 2.24) is 14.9 Å². The molecule has 2 aromatic carbocycles. The molecular weight excluding hydrogens is 426 g/mol. The number of carbonyl (C=O) groups excluding carboxylic acids is 1. The Hall–Kier alpha value is -1.97. The van der Waals surface area contributed by atoms with Crippen molar-refractivity contribution in [3.05, 3.63) is 65.2 Å². The SMILES string of the molecule is O=C(NCCN1CCOCC1)[C@@H](Cc1ccccc1)NS(=O)(=O)c1ccc(Cl)cc1. The van der Waals surface area contributed by atoms with Gasteiger partial charge in [0, 0.05) is 31.2 Å². The molecule has 2 aromatic rings. The van der Waals surface area contributed by atoms with Gasteiger partial charge in [0.25, 0.3) is 0 Å². The third-order valence-corrected chi connectivity index (χ3v) is 6.59. The number of rotatable bonds is 9. The molecule has 1 heterocycles. The van der Waals surface area contributed by atoms with Gasteiger partial charge in [-0.25, -0.2) is 8.42 Å². The lowest BCUT2D eigenvalue weighted by atomic mass is 10.1. The molecule has 0 unspecified atom stereocenters. The summed E-state index contributed by atoms with van der Waals surface area (Å²) in [5.41, 5.74) is 0.865. The summed E-state index contributed by atoms with van der Waals surface area (Å²) in [5.74, 6) is -0.357. The third-order valence-electron chi connectivity index (χ3n) is 4.85. The van der Waals surface area contributed by atoms with Gasteiger partial charge >= 0.3 is 0 Å². The monoisotopic (exact) mass is 451 g/mol. The van der Waals surface area contributed by atoms with Crippen LogP contribution >= 0.6 is 11.6 Å². The molecule has 1 aliphatic rings. The number of hydrogen-bond acceptors (Lipinski definition) is 5. The first-order valence-corrected chi connectivity index (χ1v) is 11.7. The molecule has 30 heavy (non-hydrogen) atoms. The summed E-state index contributed by atoms with van der Waals surface area (Å²) < 4.78 is 33.5. The quantitative estimate of drug-likeness (QED) is 0.605. The first kappa shape index (κ1) is 22.7. The van der Waals surface area contributed by atoms with Crippen LogP contribution in [0.4, 0.5) is 0 Å². The van der Waals surface area contributed by atoms with Gasteiger partial charge in [-0.05, 0) is 36.2 Å². The maximum absolute atomic E-state index is 12.9. The van der Waals surface area contributed by atoms with E-state index in [4.69, 9.17) is 16.3 Å². The van der Waals surface area contributed by atoms with Gasteiger partial charge in [-0.3, -0.25) is 9.69 Å². The van der Waals surface area contributed by atoms with Crippen LogP contribution < -0.4 is 10.0 Å². The van der Waals surface area contributed by atoms with Crippen LogP contribution in [0.2, 0.25) is 5.02 Å². The molecule has 1 amide bonds. The van der Waals surface area contributed by atoms with Gasteiger partial charge in [0.2, 0.25) is 15.9 Å². The van der Waals surface area contributed by atoms with E-state index in [9.17, 15) is 13.2 Å². The van der Waals surface area contributed by atoms with Gasteiger partial charge in [-0.15, -0.1) is 0 Å². The molecule has 0 saturated carbocycles. The summed E-state index contributed by atoms with van der Waals surface area (Å²) in [6.07, 6.45) is 0.247. The first-order valence-electron chi connectivity index (χ1n) is 9.84. The maximum Gasteiger partial charge on any atom is 0.241 e. The standard InChI is InChI=1S/C21H26ClN3O4S/c22-18-6-8-19(9-7-18)30(27,28)24-20(16-17-4-2-1-3-5-17)21(26)23-10-11-25-12-14-29-15-13-25/h1-9,20,24H,10-16H2,(H,23,26)/t20-/m1/s1. The number of morpholine rings is 1. The second-order valence-electron chi connectivity index (χ2n) is 7.06. The molecule has 1 aliphatic heterocycles. The van der Waals surface area contributed by atoms with E-state index >= 15 is 0 Å². The number of carbonyl (C=O) groups is 1. The molecule has 0 spiro atoms. The summed E-state index contributed by atoms with van der Waals surface area (Å²) in [6, 6.07) is 14.2. The van der Waals surface area contributed by atoms with Crippen molar-refractivity contribution in [3.8, 4) is 0 Å². The van der Waals surface area contributed by atoms with Crippen LogP contribution in [0.1, 0.15) is 5.56 Å². The Morgan fingerprint density at radius 3 is 2.40 bits per heavy atom. The lowest BCUT2D eigenvalue weighted by Crippen LogP contribution is -2.49. The third kappa shape index (κ3) is 6.78. The van der Waals surface area contributed by atoms with E-state index in [0.717, 1.165) is 18.7 Å². The minimum atomic E-state index is -3.88. The van der Waals surface area contributed by atoms with E-state index in [1.54, 1.807) is 0 Å². The Morgan fingerprint density at radius 2 is 1.73 bits per heavy atom. The fraction of sp³-hybridized carbons (Fsp3) is 0.381. The zero-order valence-electron chi connectivity index (χ0n) is 16.6. The Morgan fingerprint density at radius 1 is 1.07 bits per heavy atom. The molecule has 2 N–H and O–H groups in total. The molecule has 3 rings (SSSR count). The second-order valence-corrected chi connectivity index (χ2v) is 9.21. The van der Waals surface area contributed by atoms with Gasteiger partial charge in [-0.1, -0.05) is 41.9 Å². The zero-order valence-corrected chi connectivity index (χ0v) is 18.2. The summed E-state index contributed by atoms with van der Waals surface area (Å²) in [5, 5.41) is 3.30. The average molecular weight is 452 g/mol. The largest absolute Gasteiger partial charge is 0.379 e. The maximum atomic E-state index is 12.9. The number of halogens is 1. The Labute approximate surface area is 182 Å². The Kier molecular flexibility index (Phi) is 8.24. The van der Waals surface area contributed by atoms with Gasteiger partial charge in [0.1, 0.15) is 6.04 Å². The zero-order chi connectivity index (χ0) is 21.4. The van der Waals surface area contributed by atoms with E-state index in [1.165, 1.54) is 24.3 Å². The fourth-order valence-corrected chi connectivity index (χ4v) is 4.51. The molecule has 1 saturated heterocycles. The highest BCUT2D eigenvalue weighted by Crippen LogP contribution is 2.15. The number of sulfonamides is 1. The van der Waals surface area contributed by atoms with E-state index in [0.29, 0.717) is 31.3 Å². The van der Waals surface area contributed by atoms with Crippen LogP contribution in [-0.4, -0.2) is 64.7 Å². The molecule has 0 bridgehead atoms. The van der Waals surface area contributed by atoms with E-state index in [-0.39, 0.29) is 17.2 Å². The molecule has 162 valence electrons. The number of ether oxygens (including phenoxy) is 1. The predicted molar refractivity (Wildman–Crippen MR) is 116 cm³/mol. The van der Waals surface area contributed by atoms with Gasteiger partial charge in [-0.2, -0.15) is 4.72 Å². The normalized spacial score (nSPS) is 16.2. The number of nitrogens with zero attached hydrogens (tertiary/aromatic N) is 1. The molecule has 7 nitrogen and oxygen atoms in total. The highest BCUT2D eigenvalue weighted by atomic mass is 35.5. The van der Waals surface area contributed by atoms with Crippen molar-refractivity contribution in [2.45, 2.75) is 17.4 Å². The van der Waals surface area contributed by atoms with Crippen molar-refractivity contribution >= 4 is 27.5 Å². The number of benzene rings is 2. The summed E-state index contributed by atoms with van der Waals surface area (Å²) in [6.45, 7) is 4.15. The topological polar surface area (TPSA) is 87.7 Å². The minimum absolute atomic E-state index is 0.0612. The lowest BCUT2D eigenvalue weighted by molar-refractivity contribution is -0.122. The van der Waals surface area contributed by atoms with Crippen molar-refractivity contribution in [3.63, 3.8) is 0 Å². The van der Waals surface area contributed by atoms with Crippen LogP contribution in [0.25, 0.3) is 0 Å². The van der Waals surface area contributed by atoms with Crippen molar-refractivity contribution < 1.29 is 17.9 Å². The van der Waals surface area contributed by atoms with Crippen LogP contribution in [0.3, 0.4) is 0 Å². The highest BCUT2D eigenvalue weighted by molar-refractivity contribution is 7.89. The Balaban J connectivity index is 1.67. The van der Waals surface area contributed by atoms with Crippen LogP contribution in [0, 0.1) is 0 Å². The molecule has 1 atom stereocenters. The van der Waals surface area contributed by atoms with Crippen molar-refractivity contribution in [2.24, 2.45) is 0 Å². The summed E-state index contributed by atoms with van der Waals surface area (Å²) >= 11 is 5.86. The van der Waals surface area contributed by atoms with E-state index in [1.807, 2.05) is 30.3 Å². The van der Waals surface area contributed by atoms with Crippen molar-refractivity contribution in [1.29, 1.82) is 0 Å². The predicted octanol–water partition coefficient (Wildman–Crippen LogP) is 1.68. The van der Waals surface area contributed by atoms with Crippen molar-refractivity contribution in [2.75, 3.05) is 39.4 Å². The first-order chi connectivity index (χ1) is 14.4. The lowest BCUT2D eigenvalue weighted by Gasteiger charge is -2.27. The number of hydrogen-bond donors (Lipinski definition) is 2.